The van der Waals surface area contributed by atoms with Crippen molar-refractivity contribution in [1.82, 2.24) is 25.1 Å². The number of amides is 1. The topological polar surface area (TPSA) is 120 Å². The minimum atomic E-state index is 0.0469. The molecule has 9 heteroatoms. The van der Waals surface area contributed by atoms with E-state index in [1.165, 1.54) is 12.4 Å². The van der Waals surface area contributed by atoms with Gasteiger partial charge in [0.1, 0.15) is 5.75 Å². The average molecular weight is 432 g/mol. The SMILES string of the molecule is CCOc1ccccc1-c1nnc(-c2nccnc2N)o1.CN(C)C(=O)c1ccccc1. The van der Waals surface area contributed by atoms with Crippen molar-refractivity contribution in [2.24, 2.45) is 0 Å². The van der Waals surface area contributed by atoms with Gasteiger partial charge in [0.25, 0.3) is 17.7 Å². The number of aromatic nitrogens is 4. The number of carbonyl (C=O) groups excluding carboxylic acids is 1. The number of nitrogens with two attached hydrogens (primary N) is 1. The smallest absolute Gasteiger partial charge is 0.270 e. The predicted molar refractivity (Wildman–Crippen MR) is 121 cm³/mol. The Hall–Kier alpha value is -4.27. The maximum atomic E-state index is 11.3. The zero-order valence-electron chi connectivity index (χ0n) is 18.1. The lowest BCUT2D eigenvalue weighted by atomic mass is 10.2. The Kier molecular flexibility index (Phi) is 7.47. The van der Waals surface area contributed by atoms with Crippen molar-refractivity contribution in [2.45, 2.75) is 6.92 Å². The molecule has 0 aliphatic rings. The van der Waals surface area contributed by atoms with E-state index in [1.54, 1.807) is 19.0 Å². The van der Waals surface area contributed by atoms with Crippen LogP contribution in [0.1, 0.15) is 17.3 Å². The fourth-order valence-electron chi connectivity index (χ4n) is 2.70. The van der Waals surface area contributed by atoms with Crippen LogP contribution in [0.5, 0.6) is 5.75 Å². The molecule has 2 aromatic carbocycles. The summed E-state index contributed by atoms with van der Waals surface area (Å²) in [7, 11) is 3.49. The molecule has 2 heterocycles. The van der Waals surface area contributed by atoms with Gasteiger partial charge in [-0.25, -0.2) is 9.97 Å². The Morgan fingerprint density at radius 2 is 1.62 bits per heavy atom. The minimum Gasteiger partial charge on any atom is -0.493 e. The molecule has 9 nitrogen and oxygen atoms in total. The van der Waals surface area contributed by atoms with Gasteiger partial charge in [-0.2, -0.15) is 0 Å². The summed E-state index contributed by atoms with van der Waals surface area (Å²) in [6.07, 6.45) is 3.02. The molecule has 4 aromatic rings. The summed E-state index contributed by atoms with van der Waals surface area (Å²) in [4.78, 5) is 20.9. The molecule has 0 atom stereocenters. The van der Waals surface area contributed by atoms with Gasteiger partial charge in [-0.3, -0.25) is 4.79 Å². The number of benzene rings is 2. The summed E-state index contributed by atoms with van der Waals surface area (Å²) in [5, 5.41) is 8.00. The Bertz CT molecular complexity index is 1160. The van der Waals surface area contributed by atoms with Crippen LogP contribution in [0.2, 0.25) is 0 Å². The zero-order valence-corrected chi connectivity index (χ0v) is 18.1. The molecule has 0 spiro atoms. The molecule has 0 fully saturated rings. The Labute approximate surface area is 185 Å². The molecular formula is C23H24N6O3. The molecule has 0 saturated heterocycles. The van der Waals surface area contributed by atoms with Gasteiger partial charge in [0.05, 0.1) is 12.2 Å². The zero-order chi connectivity index (χ0) is 22.9. The summed E-state index contributed by atoms with van der Waals surface area (Å²) < 4.78 is 11.2. The predicted octanol–water partition coefficient (Wildman–Crippen LogP) is 3.56. The van der Waals surface area contributed by atoms with Gasteiger partial charge >= 0.3 is 0 Å². The Morgan fingerprint density at radius 1 is 0.969 bits per heavy atom. The first-order valence-corrected chi connectivity index (χ1v) is 9.90. The fraction of sp³-hybridized carbons (Fsp3) is 0.174. The Balaban J connectivity index is 0.000000222. The lowest BCUT2D eigenvalue weighted by Gasteiger charge is -2.08. The highest BCUT2D eigenvalue weighted by Crippen LogP contribution is 2.31. The van der Waals surface area contributed by atoms with Crippen LogP contribution in [0.15, 0.2) is 71.4 Å². The van der Waals surface area contributed by atoms with E-state index in [9.17, 15) is 4.79 Å². The van der Waals surface area contributed by atoms with E-state index < -0.39 is 0 Å². The molecule has 4 rings (SSSR count). The summed E-state index contributed by atoms with van der Waals surface area (Å²) in [5.74, 6) is 1.54. The summed E-state index contributed by atoms with van der Waals surface area (Å²) in [5.41, 5.74) is 7.57. The molecule has 0 aliphatic heterocycles. The number of nitrogen functional groups attached to an aromatic ring is 1. The number of hydrogen-bond donors (Lipinski definition) is 1. The highest BCUT2D eigenvalue weighted by atomic mass is 16.5. The molecule has 2 aromatic heterocycles. The van der Waals surface area contributed by atoms with E-state index in [0.29, 0.717) is 23.9 Å². The van der Waals surface area contributed by atoms with Crippen LogP contribution in [-0.4, -0.2) is 51.7 Å². The van der Waals surface area contributed by atoms with Gasteiger partial charge in [0.15, 0.2) is 11.5 Å². The summed E-state index contributed by atoms with van der Waals surface area (Å²) in [6, 6.07) is 16.7. The quantitative estimate of drug-likeness (QED) is 0.508. The minimum absolute atomic E-state index is 0.0469. The number of ether oxygens (including phenoxy) is 1. The van der Waals surface area contributed by atoms with Crippen molar-refractivity contribution in [1.29, 1.82) is 0 Å². The van der Waals surface area contributed by atoms with E-state index in [1.807, 2.05) is 61.5 Å². The van der Waals surface area contributed by atoms with Crippen LogP contribution >= 0.6 is 0 Å². The molecule has 0 radical (unpaired) electrons. The third-order valence-corrected chi connectivity index (χ3v) is 4.20. The molecule has 0 unspecified atom stereocenters. The van der Waals surface area contributed by atoms with Crippen LogP contribution in [0.4, 0.5) is 5.82 Å². The van der Waals surface area contributed by atoms with Crippen LogP contribution in [0.3, 0.4) is 0 Å². The molecule has 0 bridgehead atoms. The van der Waals surface area contributed by atoms with E-state index >= 15 is 0 Å². The van der Waals surface area contributed by atoms with Crippen LogP contribution in [0, 0.1) is 0 Å². The molecule has 164 valence electrons. The lowest BCUT2D eigenvalue weighted by molar-refractivity contribution is 0.0827. The van der Waals surface area contributed by atoms with Crippen molar-refractivity contribution in [3.63, 3.8) is 0 Å². The second kappa shape index (κ2) is 10.7. The molecule has 32 heavy (non-hydrogen) atoms. The van der Waals surface area contributed by atoms with E-state index in [-0.39, 0.29) is 17.6 Å². The van der Waals surface area contributed by atoms with Crippen LogP contribution in [-0.2, 0) is 0 Å². The number of para-hydroxylation sites is 1. The summed E-state index contributed by atoms with van der Waals surface area (Å²) >= 11 is 0. The van der Waals surface area contributed by atoms with Crippen molar-refractivity contribution < 1.29 is 13.9 Å². The van der Waals surface area contributed by atoms with Crippen molar-refractivity contribution in [2.75, 3.05) is 26.4 Å². The average Bonchev–Trinajstić information content (AvgIpc) is 3.30. The molecule has 0 aliphatic carbocycles. The van der Waals surface area contributed by atoms with E-state index in [4.69, 9.17) is 14.9 Å². The molecule has 1 amide bonds. The number of carbonyl (C=O) groups is 1. The van der Waals surface area contributed by atoms with Gasteiger partial charge in [-0.15, -0.1) is 10.2 Å². The maximum Gasteiger partial charge on any atom is 0.270 e. The van der Waals surface area contributed by atoms with Crippen molar-refractivity contribution in [3.8, 4) is 28.8 Å². The standard InChI is InChI=1S/C14H13N5O2.C9H11NO/c1-2-20-10-6-4-3-5-9(10)13-18-19-14(21-13)11-12(15)17-8-7-16-11;1-10(2)9(11)8-6-4-3-5-7-8/h3-8H,2H2,1H3,(H2,15,17);3-7H,1-2H3. The maximum absolute atomic E-state index is 11.3. The van der Waals surface area contributed by atoms with Crippen LogP contribution in [0.25, 0.3) is 23.0 Å². The lowest BCUT2D eigenvalue weighted by Crippen LogP contribution is -2.21. The van der Waals surface area contributed by atoms with Gasteiger partial charge in [-0.1, -0.05) is 30.3 Å². The van der Waals surface area contributed by atoms with Gasteiger partial charge in [0.2, 0.25) is 0 Å². The van der Waals surface area contributed by atoms with Crippen molar-refractivity contribution >= 4 is 11.7 Å². The molecular weight excluding hydrogens is 408 g/mol. The second-order valence-electron chi connectivity index (χ2n) is 6.70. The van der Waals surface area contributed by atoms with E-state index in [0.717, 1.165) is 11.1 Å². The third-order valence-electron chi connectivity index (χ3n) is 4.20. The first kappa shape index (κ1) is 22.4. The highest BCUT2D eigenvalue weighted by molar-refractivity contribution is 5.93. The first-order valence-electron chi connectivity index (χ1n) is 9.90. The van der Waals surface area contributed by atoms with Gasteiger partial charge in [-0.05, 0) is 31.2 Å². The van der Waals surface area contributed by atoms with Crippen LogP contribution < -0.4 is 10.5 Å². The highest BCUT2D eigenvalue weighted by Gasteiger charge is 2.17. The van der Waals surface area contributed by atoms with Crippen molar-refractivity contribution in [3.05, 3.63) is 72.6 Å². The van der Waals surface area contributed by atoms with Gasteiger partial charge in [0, 0.05) is 32.1 Å². The number of hydrogen-bond acceptors (Lipinski definition) is 8. The number of rotatable bonds is 5. The number of nitrogens with zero attached hydrogens (tertiary/aromatic N) is 5. The normalized spacial score (nSPS) is 10.1. The largest absolute Gasteiger partial charge is 0.493 e. The Morgan fingerprint density at radius 3 is 2.31 bits per heavy atom. The first-order chi connectivity index (χ1) is 15.5. The second-order valence-corrected chi connectivity index (χ2v) is 6.70. The third kappa shape index (κ3) is 5.45. The van der Waals surface area contributed by atoms with E-state index in [2.05, 4.69) is 20.2 Å². The molecule has 0 saturated carbocycles. The fourth-order valence-corrected chi connectivity index (χ4v) is 2.70. The summed E-state index contributed by atoms with van der Waals surface area (Å²) in [6.45, 7) is 2.46. The van der Waals surface area contributed by atoms with Gasteiger partial charge < -0.3 is 19.8 Å². The monoisotopic (exact) mass is 432 g/mol. The molecule has 2 N–H and O–H groups in total. The number of anilines is 1.